The molecule has 41 heavy (non-hydrogen) atoms. The van der Waals surface area contributed by atoms with Crippen molar-refractivity contribution in [2.24, 2.45) is 0 Å². The first kappa shape index (κ1) is 30.4. The SMILES string of the molecule is Cc1ccc(C(C)C)c(OCCCCn2c(CCCCCNC(=O)COc3ccc(Cl)cc3)nc3ccccc32)c1. The molecular formula is C34H42ClN3O3. The zero-order chi connectivity index (χ0) is 29.0. The smallest absolute Gasteiger partial charge is 0.257 e. The van der Waals surface area contributed by atoms with Crippen LogP contribution in [0.15, 0.2) is 66.7 Å². The number of para-hydroxylation sites is 2. The number of aryl methyl sites for hydroxylation is 3. The van der Waals surface area contributed by atoms with E-state index in [2.05, 4.69) is 67.1 Å². The maximum atomic E-state index is 12.1. The number of benzene rings is 3. The molecule has 0 spiro atoms. The molecule has 1 aromatic heterocycles. The highest BCUT2D eigenvalue weighted by atomic mass is 35.5. The molecule has 218 valence electrons. The van der Waals surface area contributed by atoms with Crippen LogP contribution < -0.4 is 14.8 Å². The van der Waals surface area contributed by atoms with Crippen LogP contribution in [0.3, 0.4) is 0 Å². The molecule has 0 saturated carbocycles. The molecule has 7 heteroatoms. The molecule has 6 nitrogen and oxygen atoms in total. The first-order chi connectivity index (χ1) is 19.9. The van der Waals surface area contributed by atoms with Crippen molar-refractivity contribution < 1.29 is 14.3 Å². The number of hydrogen-bond donors (Lipinski definition) is 1. The Morgan fingerprint density at radius 3 is 2.56 bits per heavy atom. The Labute approximate surface area is 249 Å². The number of imidazole rings is 1. The molecule has 1 N–H and O–H groups in total. The van der Waals surface area contributed by atoms with Crippen molar-refractivity contribution >= 4 is 28.5 Å². The Hall–Kier alpha value is -3.51. The molecule has 1 amide bonds. The minimum absolute atomic E-state index is 0.000571. The van der Waals surface area contributed by atoms with Crippen LogP contribution in [0.4, 0.5) is 0 Å². The van der Waals surface area contributed by atoms with Crippen molar-refractivity contribution in [3.63, 3.8) is 0 Å². The van der Waals surface area contributed by atoms with Gasteiger partial charge in [0.25, 0.3) is 5.91 Å². The molecule has 0 fully saturated rings. The second-order valence-corrected chi connectivity index (χ2v) is 11.3. The highest BCUT2D eigenvalue weighted by Crippen LogP contribution is 2.28. The van der Waals surface area contributed by atoms with Crippen molar-refractivity contribution in [3.8, 4) is 11.5 Å². The van der Waals surface area contributed by atoms with Gasteiger partial charge in [0.2, 0.25) is 0 Å². The van der Waals surface area contributed by atoms with Gasteiger partial charge in [0, 0.05) is 24.5 Å². The van der Waals surface area contributed by atoms with Crippen LogP contribution in [0.2, 0.25) is 5.02 Å². The van der Waals surface area contributed by atoms with Crippen LogP contribution in [0.25, 0.3) is 11.0 Å². The second-order valence-electron chi connectivity index (χ2n) is 10.8. The zero-order valence-corrected chi connectivity index (χ0v) is 25.3. The van der Waals surface area contributed by atoms with Crippen LogP contribution in [0, 0.1) is 6.92 Å². The number of hydrogen-bond acceptors (Lipinski definition) is 4. The number of nitrogens with zero attached hydrogens (tertiary/aromatic N) is 2. The standard InChI is InChI=1S/C34H42ClN3O3/c1-25(2)29-19-14-26(3)23-32(29)40-22-10-9-21-38-31-12-7-6-11-30(31)37-33(38)13-5-4-8-20-36-34(39)24-41-28-17-15-27(35)16-18-28/h6-7,11-12,14-19,23,25H,4-5,8-10,13,20-22,24H2,1-3H3,(H,36,39). The van der Waals surface area contributed by atoms with E-state index in [1.807, 2.05) is 6.07 Å². The summed E-state index contributed by atoms with van der Waals surface area (Å²) in [6, 6.07) is 21.9. The van der Waals surface area contributed by atoms with Gasteiger partial charge in [-0.1, -0.05) is 56.1 Å². The van der Waals surface area contributed by atoms with E-state index < -0.39 is 0 Å². The van der Waals surface area contributed by atoms with Crippen LogP contribution in [-0.4, -0.2) is 35.2 Å². The van der Waals surface area contributed by atoms with Gasteiger partial charge in [-0.15, -0.1) is 0 Å². The molecule has 4 rings (SSSR count). The molecule has 0 saturated heterocycles. The third-order valence-corrected chi connectivity index (χ3v) is 7.39. The summed E-state index contributed by atoms with van der Waals surface area (Å²) < 4.78 is 14.1. The zero-order valence-electron chi connectivity index (χ0n) is 24.5. The van der Waals surface area contributed by atoms with Gasteiger partial charge in [0.1, 0.15) is 17.3 Å². The van der Waals surface area contributed by atoms with Gasteiger partial charge in [0.05, 0.1) is 17.6 Å². The summed E-state index contributed by atoms with van der Waals surface area (Å²) in [6.07, 6.45) is 5.89. The molecule has 0 atom stereocenters. The Morgan fingerprint density at radius 1 is 0.951 bits per heavy atom. The van der Waals surface area contributed by atoms with Crippen LogP contribution in [0.1, 0.15) is 68.8 Å². The van der Waals surface area contributed by atoms with Gasteiger partial charge in [-0.25, -0.2) is 4.98 Å². The predicted octanol–water partition coefficient (Wildman–Crippen LogP) is 7.89. The Balaban J connectivity index is 1.19. The van der Waals surface area contributed by atoms with E-state index in [0.29, 0.717) is 29.8 Å². The third kappa shape index (κ3) is 9.25. The molecule has 0 bridgehead atoms. The number of rotatable bonds is 16. The fraction of sp³-hybridized carbons (Fsp3) is 0.412. The fourth-order valence-corrected chi connectivity index (χ4v) is 5.03. The number of fused-ring (bicyclic) bond motifs is 1. The van der Waals surface area contributed by atoms with E-state index in [9.17, 15) is 4.79 Å². The van der Waals surface area contributed by atoms with Crippen LogP contribution in [-0.2, 0) is 17.8 Å². The lowest BCUT2D eigenvalue weighted by molar-refractivity contribution is -0.123. The normalized spacial score (nSPS) is 11.2. The maximum Gasteiger partial charge on any atom is 0.257 e. The first-order valence-corrected chi connectivity index (χ1v) is 15.1. The molecule has 4 aromatic rings. The monoisotopic (exact) mass is 575 g/mol. The number of halogens is 1. The summed E-state index contributed by atoms with van der Waals surface area (Å²) >= 11 is 5.88. The number of nitrogens with one attached hydrogen (secondary N) is 1. The van der Waals surface area contributed by atoms with Crippen molar-refractivity contribution in [2.75, 3.05) is 19.8 Å². The third-order valence-electron chi connectivity index (χ3n) is 7.14. The summed E-state index contributed by atoms with van der Waals surface area (Å²) in [5, 5.41) is 3.58. The summed E-state index contributed by atoms with van der Waals surface area (Å²) in [7, 11) is 0. The molecule has 0 radical (unpaired) electrons. The van der Waals surface area contributed by atoms with Gasteiger partial charge in [-0.3, -0.25) is 4.79 Å². The van der Waals surface area contributed by atoms with Crippen molar-refractivity contribution in [1.82, 2.24) is 14.9 Å². The van der Waals surface area contributed by atoms with E-state index >= 15 is 0 Å². The first-order valence-electron chi connectivity index (χ1n) is 14.7. The number of carbonyl (C=O) groups is 1. The summed E-state index contributed by atoms with van der Waals surface area (Å²) in [5.41, 5.74) is 4.74. The average molecular weight is 576 g/mol. The quantitative estimate of drug-likeness (QED) is 0.138. The topological polar surface area (TPSA) is 65.4 Å². The van der Waals surface area contributed by atoms with Crippen molar-refractivity contribution in [2.45, 2.75) is 71.8 Å². The maximum absolute atomic E-state index is 12.1. The lowest BCUT2D eigenvalue weighted by Gasteiger charge is -2.15. The van der Waals surface area contributed by atoms with E-state index in [1.54, 1.807) is 24.3 Å². The average Bonchev–Trinajstić information content (AvgIpc) is 3.31. The molecule has 0 aliphatic heterocycles. The number of unbranched alkanes of at least 4 members (excludes halogenated alkanes) is 3. The van der Waals surface area contributed by atoms with E-state index in [4.69, 9.17) is 26.1 Å². The number of carbonyl (C=O) groups excluding carboxylic acids is 1. The Kier molecular flexibility index (Phi) is 11.5. The Morgan fingerprint density at radius 2 is 1.76 bits per heavy atom. The minimum atomic E-state index is -0.117. The lowest BCUT2D eigenvalue weighted by Crippen LogP contribution is -2.29. The van der Waals surface area contributed by atoms with E-state index in [0.717, 1.165) is 62.2 Å². The fourth-order valence-electron chi connectivity index (χ4n) is 4.91. The summed E-state index contributed by atoms with van der Waals surface area (Å²) in [4.78, 5) is 17.0. The molecule has 0 aliphatic rings. The Bertz CT molecular complexity index is 1400. The minimum Gasteiger partial charge on any atom is -0.493 e. The lowest BCUT2D eigenvalue weighted by atomic mass is 10.0. The van der Waals surface area contributed by atoms with Crippen molar-refractivity contribution in [3.05, 3.63) is 88.7 Å². The molecule has 3 aromatic carbocycles. The molecule has 1 heterocycles. The second kappa shape index (κ2) is 15.5. The summed E-state index contributed by atoms with van der Waals surface area (Å²) in [5.74, 6) is 3.10. The number of aromatic nitrogens is 2. The number of amides is 1. The van der Waals surface area contributed by atoms with Crippen LogP contribution >= 0.6 is 11.6 Å². The van der Waals surface area contributed by atoms with Gasteiger partial charge in [0.15, 0.2) is 6.61 Å². The largest absolute Gasteiger partial charge is 0.493 e. The molecular weight excluding hydrogens is 534 g/mol. The van der Waals surface area contributed by atoms with E-state index in [-0.39, 0.29) is 12.5 Å². The van der Waals surface area contributed by atoms with E-state index in [1.165, 1.54) is 16.6 Å². The molecule has 0 aliphatic carbocycles. The van der Waals surface area contributed by atoms with Crippen LogP contribution in [0.5, 0.6) is 11.5 Å². The highest BCUT2D eigenvalue weighted by Gasteiger charge is 2.11. The van der Waals surface area contributed by atoms with Gasteiger partial charge in [-0.2, -0.15) is 0 Å². The van der Waals surface area contributed by atoms with Gasteiger partial charge in [-0.05, 0) is 92.1 Å². The van der Waals surface area contributed by atoms with Gasteiger partial charge < -0.3 is 19.4 Å². The molecule has 0 unspecified atom stereocenters. The predicted molar refractivity (Wildman–Crippen MR) is 167 cm³/mol. The van der Waals surface area contributed by atoms with Gasteiger partial charge >= 0.3 is 0 Å². The highest BCUT2D eigenvalue weighted by molar-refractivity contribution is 6.30. The van der Waals surface area contributed by atoms with Crippen molar-refractivity contribution in [1.29, 1.82) is 0 Å². The number of ether oxygens (including phenoxy) is 2. The summed E-state index contributed by atoms with van der Waals surface area (Å²) in [6.45, 7) is 8.80.